The number of rotatable bonds is 5. The lowest BCUT2D eigenvalue weighted by Gasteiger charge is -2.26. The van der Waals surface area contributed by atoms with Gasteiger partial charge in [-0.15, -0.1) is 0 Å². The van der Waals surface area contributed by atoms with Crippen molar-refractivity contribution in [3.8, 4) is 5.75 Å². The van der Waals surface area contributed by atoms with Crippen LogP contribution in [0.3, 0.4) is 0 Å². The van der Waals surface area contributed by atoms with Gasteiger partial charge in [-0.2, -0.15) is 0 Å². The van der Waals surface area contributed by atoms with Gasteiger partial charge >= 0.3 is 0 Å². The summed E-state index contributed by atoms with van der Waals surface area (Å²) in [5, 5.41) is 0. The minimum atomic E-state index is 0.131. The number of ether oxygens (including phenoxy) is 1. The van der Waals surface area contributed by atoms with E-state index in [9.17, 15) is 4.79 Å². The second-order valence-electron chi connectivity index (χ2n) is 5.74. The molecule has 0 aliphatic carbocycles. The van der Waals surface area contributed by atoms with Crippen molar-refractivity contribution in [2.24, 2.45) is 11.3 Å². The molecule has 1 aromatic heterocycles. The summed E-state index contributed by atoms with van der Waals surface area (Å²) in [6, 6.07) is 1.77. The molecule has 3 nitrogen and oxygen atoms in total. The van der Waals surface area contributed by atoms with Crippen molar-refractivity contribution in [2.75, 3.05) is 6.61 Å². The topological polar surface area (TPSA) is 39.2 Å². The fourth-order valence-electron chi connectivity index (χ4n) is 1.52. The predicted octanol–water partition coefficient (Wildman–Crippen LogP) is 3.74. The van der Waals surface area contributed by atoms with Crippen LogP contribution in [0.4, 0.5) is 0 Å². The molecule has 0 aliphatic rings. The van der Waals surface area contributed by atoms with E-state index in [-0.39, 0.29) is 11.2 Å². The highest BCUT2D eigenvalue weighted by molar-refractivity contribution is 5.96. The van der Waals surface area contributed by atoms with E-state index >= 15 is 0 Å². The lowest BCUT2D eigenvalue weighted by atomic mass is 9.79. The summed E-state index contributed by atoms with van der Waals surface area (Å²) in [6.07, 6.45) is 3.79. The van der Waals surface area contributed by atoms with Crippen LogP contribution < -0.4 is 4.74 Å². The molecule has 0 spiro atoms. The number of hydrogen-bond donors (Lipinski definition) is 0. The zero-order chi connectivity index (χ0) is 13.8. The predicted molar refractivity (Wildman–Crippen MR) is 73.0 cm³/mol. The van der Waals surface area contributed by atoms with Gasteiger partial charge in [0.15, 0.2) is 5.78 Å². The number of nitrogens with zero attached hydrogens (tertiary/aromatic N) is 1. The Morgan fingerprint density at radius 3 is 2.61 bits per heavy atom. The largest absolute Gasteiger partial charge is 0.492 e. The highest BCUT2D eigenvalue weighted by atomic mass is 16.5. The van der Waals surface area contributed by atoms with Crippen LogP contribution in [0.1, 0.15) is 51.4 Å². The Morgan fingerprint density at radius 2 is 2.06 bits per heavy atom. The molecule has 0 amide bonds. The first kappa shape index (κ1) is 14.7. The lowest BCUT2D eigenvalue weighted by Crippen LogP contribution is -2.20. The second kappa shape index (κ2) is 5.98. The smallest absolute Gasteiger partial charge is 0.164 e. The van der Waals surface area contributed by atoms with Crippen LogP contribution in [0.25, 0.3) is 0 Å². The van der Waals surface area contributed by atoms with E-state index < -0.39 is 0 Å². The number of carbonyl (C=O) groups excluding carboxylic acids is 1. The Morgan fingerprint density at radius 1 is 1.39 bits per heavy atom. The van der Waals surface area contributed by atoms with Crippen LogP contribution >= 0.6 is 0 Å². The zero-order valence-electron chi connectivity index (χ0n) is 12.0. The molecule has 1 atom stereocenters. The summed E-state index contributed by atoms with van der Waals surface area (Å²) in [5.74, 6) is 1.12. The average molecular weight is 249 g/mol. The van der Waals surface area contributed by atoms with Crippen molar-refractivity contribution in [2.45, 2.75) is 41.0 Å². The molecule has 0 aliphatic heterocycles. The van der Waals surface area contributed by atoms with Gasteiger partial charge in [0.1, 0.15) is 5.75 Å². The third kappa shape index (κ3) is 4.13. The summed E-state index contributed by atoms with van der Waals surface area (Å²) in [6.45, 7) is 11.1. The van der Waals surface area contributed by atoms with E-state index in [1.165, 1.54) is 0 Å². The van der Waals surface area contributed by atoms with Gasteiger partial charge in [0.2, 0.25) is 0 Å². The molecular weight excluding hydrogens is 226 g/mol. The maximum absolute atomic E-state index is 12.2. The molecule has 0 saturated heterocycles. The third-order valence-electron chi connectivity index (χ3n) is 3.32. The first-order chi connectivity index (χ1) is 8.34. The summed E-state index contributed by atoms with van der Waals surface area (Å²) in [5.41, 5.74) is 0.776. The molecule has 1 unspecified atom stereocenters. The molecule has 0 bridgehead atoms. The molecule has 3 heteroatoms. The highest BCUT2D eigenvalue weighted by Gasteiger charge is 2.23. The van der Waals surface area contributed by atoms with E-state index in [4.69, 9.17) is 4.74 Å². The van der Waals surface area contributed by atoms with Gasteiger partial charge in [-0.05, 0) is 24.3 Å². The van der Waals surface area contributed by atoms with E-state index in [1.807, 2.05) is 6.92 Å². The number of Topliss-reactive ketones (excluding diaryl/α,β-unsaturated/α-hetero) is 1. The lowest BCUT2D eigenvalue weighted by molar-refractivity contribution is 0.0926. The molecule has 1 heterocycles. The molecule has 0 fully saturated rings. The minimum Gasteiger partial charge on any atom is -0.492 e. The monoisotopic (exact) mass is 249 g/mol. The first-order valence-corrected chi connectivity index (χ1v) is 6.45. The fourth-order valence-corrected chi connectivity index (χ4v) is 1.52. The van der Waals surface area contributed by atoms with Crippen molar-refractivity contribution in [3.63, 3.8) is 0 Å². The summed E-state index contributed by atoms with van der Waals surface area (Å²) < 4.78 is 5.35. The molecule has 18 heavy (non-hydrogen) atoms. The quantitative estimate of drug-likeness (QED) is 0.746. The number of carbonyl (C=O) groups is 1. The van der Waals surface area contributed by atoms with Gasteiger partial charge in [-0.25, -0.2) is 0 Å². The van der Waals surface area contributed by atoms with Gasteiger partial charge in [0.05, 0.1) is 12.8 Å². The maximum atomic E-state index is 12.2. The number of aromatic nitrogens is 1. The van der Waals surface area contributed by atoms with Crippen molar-refractivity contribution < 1.29 is 9.53 Å². The van der Waals surface area contributed by atoms with Crippen molar-refractivity contribution in [1.82, 2.24) is 4.98 Å². The van der Waals surface area contributed by atoms with Crippen LogP contribution in [0.2, 0.25) is 0 Å². The van der Waals surface area contributed by atoms with Gasteiger partial charge in [-0.3, -0.25) is 9.78 Å². The van der Waals surface area contributed by atoms with Crippen LogP contribution in [0.15, 0.2) is 18.5 Å². The molecule has 1 aromatic rings. The summed E-state index contributed by atoms with van der Waals surface area (Å²) >= 11 is 0. The second-order valence-corrected chi connectivity index (χ2v) is 5.74. The van der Waals surface area contributed by atoms with E-state index in [1.54, 1.807) is 18.5 Å². The van der Waals surface area contributed by atoms with Crippen LogP contribution in [0.5, 0.6) is 5.75 Å². The molecule has 1 rings (SSSR count). The minimum absolute atomic E-state index is 0.131. The summed E-state index contributed by atoms with van der Waals surface area (Å²) in [7, 11) is 0. The SMILES string of the molecule is CCOc1cncc(C(=O)CC(C)C(C)(C)C)c1. The molecule has 0 N–H and O–H groups in total. The zero-order valence-corrected chi connectivity index (χ0v) is 12.0. The molecule has 100 valence electrons. The van der Waals surface area contributed by atoms with Crippen molar-refractivity contribution in [1.29, 1.82) is 0 Å². The Kier molecular flexibility index (Phi) is 4.88. The molecular formula is C15H23NO2. The normalized spacial score (nSPS) is 13.2. The average Bonchev–Trinajstić information content (AvgIpc) is 2.28. The Labute approximate surface area is 110 Å². The maximum Gasteiger partial charge on any atom is 0.164 e. The fraction of sp³-hybridized carbons (Fsp3) is 0.600. The summed E-state index contributed by atoms with van der Waals surface area (Å²) in [4.78, 5) is 16.2. The standard InChI is InChI=1S/C15H23NO2/c1-6-18-13-8-12(9-16-10-13)14(17)7-11(2)15(3,4)5/h8-11H,6-7H2,1-5H3. The molecule has 0 radical (unpaired) electrons. The molecule has 0 aromatic carbocycles. The Hall–Kier alpha value is -1.38. The van der Waals surface area contributed by atoms with Crippen LogP contribution in [-0.2, 0) is 0 Å². The molecule has 0 saturated carbocycles. The van der Waals surface area contributed by atoms with Gasteiger partial charge < -0.3 is 4.74 Å². The van der Waals surface area contributed by atoms with Crippen molar-refractivity contribution in [3.05, 3.63) is 24.0 Å². The number of hydrogen-bond acceptors (Lipinski definition) is 3. The van der Waals surface area contributed by atoms with E-state index in [0.29, 0.717) is 30.3 Å². The Balaban J connectivity index is 2.75. The highest BCUT2D eigenvalue weighted by Crippen LogP contribution is 2.29. The number of pyridine rings is 1. The van der Waals surface area contributed by atoms with E-state index in [2.05, 4.69) is 32.7 Å². The number of ketones is 1. The first-order valence-electron chi connectivity index (χ1n) is 6.45. The Bertz CT molecular complexity index is 407. The third-order valence-corrected chi connectivity index (χ3v) is 3.32. The van der Waals surface area contributed by atoms with E-state index in [0.717, 1.165) is 0 Å². The van der Waals surface area contributed by atoms with Gasteiger partial charge in [0, 0.05) is 18.2 Å². The van der Waals surface area contributed by atoms with Gasteiger partial charge in [0.25, 0.3) is 0 Å². The van der Waals surface area contributed by atoms with Crippen molar-refractivity contribution >= 4 is 5.78 Å². The van der Waals surface area contributed by atoms with Gasteiger partial charge in [-0.1, -0.05) is 27.7 Å². The van der Waals surface area contributed by atoms with Crippen LogP contribution in [-0.4, -0.2) is 17.4 Å². The van der Waals surface area contributed by atoms with Crippen LogP contribution in [0, 0.1) is 11.3 Å².